The van der Waals surface area contributed by atoms with Gasteiger partial charge >= 0.3 is 0 Å². The van der Waals surface area contributed by atoms with Crippen molar-refractivity contribution in [3.8, 4) is 11.5 Å². The molecule has 1 rings (SSSR count). The maximum atomic E-state index is 10.9. The fraction of sp³-hybridized carbons (Fsp3) is 0.647. The van der Waals surface area contributed by atoms with Crippen LogP contribution in [0.3, 0.4) is 0 Å². The number of ether oxygens (including phenoxy) is 2. The minimum atomic E-state index is -0.764. The maximum Gasteiger partial charge on any atom is 0.161 e. The summed E-state index contributed by atoms with van der Waals surface area (Å²) >= 11 is 0. The van der Waals surface area contributed by atoms with E-state index in [2.05, 4.69) is 13.8 Å². The number of rotatable bonds is 9. The third kappa shape index (κ3) is 4.14. The Bertz CT molecular complexity index is 395. The lowest BCUT2D eigenvalue weighted by Crippen LogP contribution is -2.25. The quantitative estimate of drug-likeness (QED) is 0.734. The van der Waals surface area contributed by atoms with Gasteiger partial charge in [-0.05, 0) is 44.4 Å². The highest BCUT2D eigenvalue weighted by molar-refractivity contribution is 5.44. The maximum absolute atomic E-state index is 10.9. The third-order valence-corrected chi connectivity index (χ3v) is 3.41. The van der Waals surface area contributed by atoms with Crippen LogP contribution in [0, 0.1) is 0 Å². The predicted octanol–water partition coefficient (Wildman–Crippen LogP) is 4.27. The molecule has 3 nitrogen and oxygen atoms in total. The Morgan fingerprint density at radius 1 is 0.900 bits per heavy atom. The molecule has 0 spiro atoms. The van der Waals surface area contributed by atoms with Gasteiger partial charge in [-0.2, -0.15) is 0 Å². The van der Waals surface area contributed by atoms with E-state index in [0.29, 0.717) is 13.2 Å². The summed E-state index contributed by atoms with van der Waals surface area (Å²) in [5, 5.41) is 10.9. The first kappa shape index (κ1) is 16.8. The van der Waals surface area contributed by atoms with Crippen molar-refractivity contribution >= 4 is 0 Å². The first-order valence-corrected chi connectivity index (χ1v) is 7.73. The molecule has 3 heteroatoms. The zero-order chi connectivity index (χ0) is 15.0. The Morgan fingerprint density at radius 2 is 1.45 bits per heavy atom. The van der Waals surface area contributed by atoms with Crippen LogP contribution in [-0.2, 0) is 5.60 Å². The molecule has 20 heavy (non-hydrogen) atoms. The highest BCUT2D eigenvalue weighted by Gasteiger charge is 2.28. The molecule has 1 N–H and O–H groups in total. The summed E-state index contributed by atoms with van der Waals surface area (Å²) in [7, 11) is 0. The summed E-state index contributed by atoms with van der Waals surface area (Å²) in [6, 6.07) is 5.79. The van der Waals surface area contributed by atoms with Gasteiger partial charge in [-0.3, -0.25) is 0 Å². The first-order chi connectivity index (χ1) is 9.61. The summed E-state index contributed by atoms with van der Waals surface area (Å²) in [5.74, 6) is 1.46. The molecule has 0 atom stereocenters. The predicted molar refractivity (Wildman–Crippen MR) is 82.5 cm³/mol. The average molecular weight is 280 g/mol. The van der Waals surface area contributed by atoms with Crippen molar-refractivity contribution in [1.29, 1.82) is 0 Å². The SMILES string of the molecule is CCCC(O)(CCC)c1ccc(OCC)c(OCC)c1. The van der Waals surface area contributed by atoms with Crippen molar-refractivity contribution in [2.45, 2.75) is 59.0 Å². The Hall–Kier alpha value is -1.22. The van der Waals surface area contributed by atoms with E-state index in [1.165, 1.54) is 0 Å². The zero-order valence-corrected chi connectivity index (χ0v) is 13.2. The molecule has 0 fully saturated rings. The van der Waals surface area contributed by atoms with Crippen molar-refractivity contribution in [1.82, 2.24) is 0 Å². The summed E-state index contributed by atoms with van der Waals surface area (Å²) < 4.78 is 11.2. The lowest BCUT2D eigenvalue weighted by Gasteiger charge is -2.29. The summed E-state index contributed by atoms with van der Waals surface area (Å²) in [4.78, 5) is 0. The van der Waals surface area contributed by atoms with Crippen LogP contribution >= 0.6 is 0 Å². The Kier molecular flexibility index (Phi) is 6.86. The van der Waals surface area contributed by atoms with E-state index in [0.717, 1.165) is 42.7 Å². The second-order valence-electron chi connectivity index (χ2n) is 5.06. The van der Waals surface area contributed by atoms with Crippen molar-refractivity contribution in [3.63, 3.8) is 0 Å². The Morgan fingerprint density at radius 3 is 1.95 bits per heavy atom. The van der Waals surface area contributed by atoms with E-state index in [9.17, 15) is 5.11 Å². The fourth-order valence-electron chi connectivity index (χ4n) is 2.58. The number of hydrogen-bond donors (Lipinski definition) is 1. The number of aliphatic hydroxyl groups is 1. The average Bonchev–Trinajstić information content (AvgIpc) is 2.42. The number of benzene rings is 1. The molecule has 0 aliphatic rings. The van der Waals surface area contributed by atoms with Crippen LogP contribution in [0.2, 0.25) is 0 Å². The largest absolute Gasteiger partial charge is 0.490 e. The molecule has 1 aromatic carbocycles. The van der Waals surface area contributed by atoms with E-state index in [-0.39, 0.29) is 0 Å². The molecule has 0 radical (unpaired) electrons. The second kappa shape index (κ2) is 8.15. The van der Waals surface area contributed by atoms with Crippen LogP contribution in [-0.4, -0.2) is 18.3 Å². The minimum absolute atomic E-state index is 0.587. The molecule has 114 valence electrons. The van der Waals surface area contributed by atoms with Gasteiger partial charge in [0.2, 0.25) is 0 Å². The molecule has 1 aromatic rings. The lowest BCUT2D eigenvalue weighted by atomic mass is 9.85. The third-order valence-electron chi connectivity index (χ3n) is 3.41. The van der Waals surface area contributed by atoms with Crippen LogP contribution < -0.4 is 9.47 Å². The molecule has 0 unspecified atom stereocenters. The zero-order valence-electron chi connectivity index (χ0n) is 13.2. The first-order valence-electron chi connectivity index (χ1n) is 7.73. The molecule has 0 aliphatic heterocycles. The molecular weight excluding hydrogens is 252 g/mol. The van der Waals surface area contributed by atoms with Gasteiger partial charge in [0.05, 0.1) is 18.8 Å². The van der Waals surface area contributed by atoms with E-state index in [4.69, 9.17) is 9.47 Å². The molecule has 0 aromatic heterocycles. The van der Waals surface area contributed by atoms with Crippen LogP contribution in [0.1, 0.15) is 58.9 Å². The van der Waals surface area contributed by atoms with Crippen molar-refractivity contribution < 1.29 is 14.6 Å². The fourth-order valence-corrected chi connectivity index (χ4v) is 2.58. The second-order valence-corrected chi connectivity index (χ2v) is 5.06. The smallest absolute Gasteiger partial charge is 0.161 e. The molecular formula is C17H28O3. The normalized spacial score (nSPS) is 11.4. The summed E-state index contributed by atoms with van der Waals surface area (Å²) in [6.45, 7) is 9.29. The van der Waals surface area contributed by atoms with Gasteiger partial charge in [0, 0.05) is 0 Å². The van der Waals surface area contributed by atoms with E-state index in [1.54, 1.807) is 0 Å². The van der Waals surface area contributed by atoms with E-state index >= 15 is 0 Å². The lowest BCUT2D eigenvalue weighted by molar-refractivity contribution is 0.0167. The summed E-state index contributed by atoms with van der Waals surface area (Å²) in [6.07, 6.45) is 3.43. The number of hydrogen-bond acceptors (Lipinski definition) is 3. The van der Waals surface area contributed by atoms with E-state index < -0.39 is 5.60 Å². The van der Waals surface area contributed by atoms with E-state index in [1.807, 2.05) is 32.0 Å². The van der Waals surface area contributed by atoms with Crippen LogP contribution in [0.5, 0.6) is 11.5 Å². The molecule has 0 saturated carbocycles. The van der Waals surface area contributed by atoms with Gasteiger partial charge in [-0.25, -0.2) is 0 Å². The van der Waals surface area contributed by atoms with Crippen molar-refractivity contribution in [2.75, 3.05) is 13.2 Å². The van der Waals surface area contributed by atoms with Gasteiger partial charge in [-0.15, -0.1) is 0 Å². The molecule has 0 bridgehead atoms. The van der Waals surface area contributed by atoms with Crippen molar-refractivity contribution in [2.24, 2.45) is 0 Å². The monoisotopic (exact) mass is 280 g/mol. The van der Waals surface area contributed by atoms with Gasteiger partial charge in [0.15, 0.2) is 11.5 Å². The topological polar surface area (TPSA) is 38.7 Å². The van der Waals surface area contributed by atoms with Crippen LogP contribution in [0.15, 0.2) is 18.2 Å². The highest BCUT2D eigenvalue weighted by Crippen LogP contribution is 2.37. The molecule has 0 heterocycles. The molecule has 0 aliphatic carbocycles. The Balaban J connectivity index is 3.12. The molecule has 0 saturated heterocycles. The summed E-state index contributed by atoms with van der Waals surface area (Å²) in [5.41, 5.74) is 0.160. The van der Waals surface area contributed by atoms with Gasteiger partial charge in [0.1, 0.15) is 0 Å². The molecule has 0 amide bonds. The van der Waals surface area contributed by atoms with Crippen molar-refractivity contribution in [3.05, 3.63) is 23.8 Å². The highest BCUT2D eigenvalue weighted by atomic mass is 16.5. The van der Waals surface area contributed by atoms with Gasteiger partial charge < -0.3 is 14.6 Å². The standard InChI is InChI=1S/C17H28O3/c1-5-11-17(18,12-6-2)14-9-10-15(19-7-3)16(13-14)20-8-4/h9-10,13,18H,5-8,11-12H2,1-4H3. The minimum Gasteiger partial charge on any atom is -0.490 e. The van der Waals surface area contributed by atoms with Crippen LogP contribution in [0.25, 0.3) is 0 Å². The van der Waals surface area contributed by atoms with Crippen LogP contribution in [0.4, 0.5) is 0 Å². The van der Waals surface area contributed by atoms with Gasteiger partial charge in [0.25, 0.3) is 0 Å². The Labute approximate surface area is 122 Å². The van der Waals surface area contributed by atoms with Gasteiger partial charge in [-0.1, -0.05) is 32.8 Å².